The second kappa shape index (κ2) is 8.19. The number of aromatic nitrogens is 6. The Morgan fingerprint density at radius 1 is 1.03 bits per heavy atom. The van der Waals surface area contributed by atoms with Crippen LogP contribution >= 0.6 is 0 Å². The van der Waals surface area contributed by atoms with Crippen molar-refractivity contribution in [1.82, 2.24) is 28.9 Å². The molecule has 0 aliphatic carbocycles. The highest BCUT2D eigenvalue weighted by Crippen LogP contribution is 2.28. The van der Waals surface area contributed by atoms with Crippen molar-refractivity contribution in [3.8, 4) is 17.1 Å². The van der Waals surface area contributed by atoms with Crippen LogP contribution in [-0.2, 0) is 4.79 Å². The summed E-state index contributed by atoms with van der Waals surface area (Å²) in [6.45, 7) is 3.64. The van der Waals surface area contributed by atoms with E-state index in [1.165, 1.54) is 10.7 Å². The molecule has 1 amide bonds. The number of para-hydroxylation sites is 1. The normalized spacial score (nSPS) is 12.1. The third kappa shape index (κ3) is 3.80. The second-order valence-corrected chi connectivity index (χ2v) is 7.68. The SMILES string of the molecule is Cc1cccn2cc(-c3ccccc3NC(=O)C(C)n3nc(-n4cccn4)ccc3=O)nc12. The van der Waals surface area contributed by atoms with Crippen LogP contribution in [-0.4, -0.2) is 34.9 Å². The number of anilines is 1. The second-order valence-electron chi connectivity index (χ2n) is 7.68. The van der Waals surface area contributed by atoms with Crippen LogP contribution in [0.3, 0.4) is 0 Å². The van der Waals surface area contributed by atoms with Gasteiger partial charge in [0.05, 0.1) is 11.4 Å². The molecule has 1 atom stereocenters. The Kier molecular flexibility index (Phi) is 5.06. The van der Waals surface area contributed by atoms with Gasteiger partial charge in [-0.15, -0.1) is 5.10 Å². The Labute approximate surface area is 188 Å². The van der Waals surface area contributed by atoms with Gasteiger partial charge < -0.3 is 9.72 Å². The lowest BCUT2D eigenvalue weighted by atomic mass is 10.1. The molecule has 0 fully saturated rings. The Morgan fingerprint density at radius 3 is 2.67 bits per heavy atom. The molecule has 5 rings (SSSR count). The molecular weight excluding hydrogens is 418 g/mol. The lowest BCUT2D eigenvalue weighted by Gasteiger charge is -2.16. The van der Waals surface area contributed by atoms with Gasteiger partial charge in [0, 0.05) is 36.4 Å². The van der Waals surface area contributed by atoms with Gasteiger partial charge in [0.2, 0.25) is 5.91 Å². The van der Waals surface area contributed by atoms with Gasteiger partial charge in [-0.05, 0) is 43.7 Å². The smallest absolute Gasteiger partial charge is 0.267 e. The number of nitrogens with zero attached hydrogens (tertiary/aromatic N) is 6. The van der Waals surface area contributed by atoms with Crippen LogP contribution in [0.25, 0.3) is 22.7 Å². The van der Waals surface area contributed by atoms with Crippen molar-refractivity contribution in [3.63, 3.8) is 0 Å². The highest BCUT2D eigenvalue weighted by atomic mass is 16.2. The van der Waals surface area contributed by atoms with Crippen LogP contribution in [0.4, 0.5) is 5.69 Å². The van der Waals surface area contributed by atoms with E-state index >= 15 is 0 Å². The number of carbonyl (C=O) groups excluding carboxylic acids is 1. The fourth-order valence-electron chi connectivity index (χ4n) is 3.67. The molecule has 33 heavy (non-hydrogen) atoms. The fraction of sp³-hybridized carbons (Fsp3) is 0.125. The van der Waals surface area contributed by atoms with Crippen LogP contribution in [0, 0.1) is 6.92 Å². The van der Waals surface area contributed by atoms with E-state index in [9.17, 15) is 9.59 Å². The van der Waals surface area contributed by atoms with Crippen LogP contribution in [0.15, 0.2) is 84.2 Å². The first-order valence-corrected chi connectivity index (χ1v) is 10.5. The Morgan fingerprint density at radius 2 is 1.88 bits per heavy atom. The summed E-state index contributed by atoms with van der Waals surface area (Å²) in [5.74, 6) is 0.0781. The lowest BCUT2D eigenvalue weighted by molar-refractivity contribution is -0.119. The van der Waals surface area contributed by atoms with Crippen LogP contribution < -0.4 is 10.9 Å². The summed E-state index contributed by atoms with van der Waals surface area (Å²) >= 11 is 0. The van der Waals surface area contributed by atoms with Crippen molar-refractivity contribution in [2.45, 2.75) is 19.9 Å². The molecule has 4 aromatic heterocycles. The van der Waals surface area contributed by atoms with Crippen LogP contribution in [0.2, 0.25) is 0 Å². The summed E-state index contributed by atoms with van der Waals surface area (Å²) in [5.41, 5.74) is 3.66. The van der Waals surface area contributed by atoms with Crippen molar-refractivity contribution in [2.75, 3.05) is 5.32 Å². The van der Waals surface area contributed by atoms with E-state index in [1.54, 1.807) is 31.5 Å². The first kappa shape index (κ1) is 20.4. The molecule has 1 N–H and O–H groups in total. The van der Waals surface area contributed by atoms with Crippen molar-refractivity contribution < 1.29 is 4.79 Å². The van der Waals surface area contributed by atoms with Gasteiger partial charge in [-0.3, -0.25) is 9.59 Å². The van der Waals surface area contributed by atoms with E-state index in [4.69, 9.17) is 4.98 Å². The molecule has 9 heteroatoms. The highest BCUT2D eigenvalue weighted by molar-refractivity contribution is 5.97. The van der Waals surface area contributed by atoms with Crippen molar-refractivity contribution >= 4 is 17.2 Å². The van der Waals surface area contributed by atoms with Crippen LogP contribution in [0.1, 0.15) is 18.5 Å². The average Bonchev–Trinajstić information content (AvgIpc) is 3.50. The van der Waals surface area contributed by atoms with E-state index in [2.05, 4.69) is 15.5 Å². The van der Waals surface area contributed by atoms with E-state index in [-0.39, 0.29) is 11.5 Å². The van der Waals surface area contributed by atoms with Crippen molar-refractivity contribution in [3.05, 3.63) is 95.3 Å². The summed E-state index contributed by atoms with van der Waals surface area (Å²) in [6, 6.07) is 15.3. The zero-order valence-electron chi connectivity index (χ0n) is 18.1. The molecule has 5 aromatic rings. The summed E-state index contributed by atoms with van der Waals surface area (Å²) in [5, 5.41) is 11.4. The monoisotopic (exact) mass is 439 g/mol. The fourth-order valence-corrected chi connectivity index (χ4v) is 3.67. The molecule has 164 valence electrons. The number of amides is 1. The summed E-state index contributed by atoms with van der Waals surface area (Å²) in [7, 11) is 0. The number of nitrogens with one attached hydrogen (secondary N) is 1. The summed E-state index contributed by atoms with van der Waals surface area (Å²) in [6.07, 6.45) is 7.20. The van der Waals surface area contributed by atoms with Gasteiger partial charge in [0.1, 0.15) is 11.7 Å². The molecule has 0 saturated heterocycles. The number of hydrogen-bond donors (Lipinski definition) is 1. The number of pyridine rings is 1. The third-order valence-corrected chi connectivity index (χ3v) is 5.44. The molecule has 1 unspecified atom stereocenters. The molecule has 4 heterocycles. The van der Waals surface area contributed by atoms with Gasteiger partial charge in [-0.1, -0.05) is 24.3 Å². The number of hydrogen-bond acceptors (Lipinski definition) is 5. The largest absolute Gasteiger partial charge is 0.324 e. The van der Waals surface area contributed by atoms with Crippen molar-refractivity contribution in [1.29, 1.82) is 0 Å². The lowest BCUT2D eigenvalue weighted by Crippen LogP contribution is -2.33. The Bertz CT molecular complexity index is 1520. The van der Waals surface area contributed by atoms with E-state index in [1.807, 2.05) is 60.1 Å². The molecule has 0 aliphatic heterocycles. The molecule has 0 radical (unpaired) electrons. The molecule has 0 bridgehead atoms. The van der Waals surface area contributed by atoms with Crippen LogP contribution in [0.5, 0.6) is 0 Å². The topological polar surface area (TPSA) is 99.1 Å². The molecular formula is C24H21N7O2. The number of benzene rings is 1. The number of imidazole rings is 1. The minimum Gasteiger partial charge on any atom is -0.324 e. The predicted molar refractivity (Wildman–Crippen MR) is 124 cm³/mol. The third-order valence-electron chi connectivity index (χ3n) is 5.44. The minimum absolute atomic E-state index is 0.366. The summed E-state index contributed by atoms with van der Waals surface area (Å²) in [4.78, 5) is 30.3. The average molecular weight is 439 g/mol. The first-order chi connectivity index (χ1) is 16.0. The summed E-state index contributed by atoms with van der Waals surface area (Å²) < 4.78 is 4.64. The number of aryl methyl sites for hydroxylation is 1. The van der Waals surface area contributed by atoms with Gasteiger partial charge in [0.15, 0.2) is 5.82 Å². The van der Waals surface area contributed by atoms with Crippen molar-refractivity contribution in [2.24, 2.45) is 0 Å². The molecule has 9 nitrogen and oxygen atoms in total. The maximum Gasteiger partial charge on any atom is 0.267 e. The minimum atomic E-state index is -0.843. The number of carbonyl (C=O) groups is 1. The highest BCUT2D eigenvalue weighted by Gasteiger charge is 2.20. The molecule has 1 aromatic carbocycles. The zero-order valence-corrected chi connectivity index (χ0v) is 18.1. The van der Waals surface area contributed by atoms with Gasteiger partial charge in [-0.2, -0.15) is 5.10 Å². The first-order valence-electron chi connectivity index (χ1n) is 10.5. The maximum atomic E-state index is 13.1. The Hall–Kier alpha value is -4.53. The van der Waals surface area contributed by atoms with E-state index < -0.39 is 6.04 Å². The number of fused-ring (bicyclic) bond motifs is 1. The quantitative estimate of drug-likeness (QED) is 0.453. The van der Waals surface area contributed by atoms with Gasteiger partial charge in [-0.25, -0.2) is 14.3 Å². The predicted octanol–water partition coefficient (Wildman–Crippen LogP) is 3.25. The standard InChI is InChI=1S/C24H21N7O2/c1-16-7-5-13-29-15-20(26-23(16)29)18-8-3-4-9-19(18)27-24(33)17(2)31-22(32)11-10-21(28-31)30-14-6-12-25-30/h3-15,17H,1-2H3,(H,27,33). The van der Waals surface area contributed by atoms with Gasteiger partial charge >= 0.3 is 0 Å². The zero-order chi connectivity index (χ0) is 22.9. The number of rotatable bonds is 5. The maximum absolute atomic E-state index is 13.1. The van der Waals surface area contributed by atoms with E-state index in [0.717, 1.165) is 27.1 Å². The van der Waals surface area contributed by atoms with Gasteiger partial charge in [0.25, 0.3) is 5.56 Å². The molecule has 0 aliphatic rings. The Balaban J connectivity index is 1.46. The molecule has 0 saturated carbocycles. The molecule has 0 spiro atoms. The van der Waals surface area contributed by atoms with E-state index in [0.29, 0.717) is 11.5 Å².